The fraction of sp³-hybridized carbons (Fsp3) is 0.619. The molecule has 3 atom stereocenters. The highest BCUT2D eigenvalue weighted by Gasteiger charge is 2.56. The van der Waals surface area contributed by atoms with Crippen molar-refractivity contribution in [1.29, 1.82) is 0 Å². The van der Waals surface area contributed by atoms with Gasteiger partial charge in [0, 0.05) is 18.0 Å². The van der Waals surface area contributed by atoms with Gasteiger partial charge in [-0.1, -0.05) is 23.2 Å². The van der Waals surface area contributed by atoms with Gasteiger partial charge in [-0.15, -0.1) is 0 Å². The van der Waals surface area contributed by atoms with E-state index < -0.39 is 41.7 Å². The molecular formula is C21H25Cl2F2N3O5. The van der Waals surface area contributed by atoms with Crippen LogP contribution >= 0.6 is 23.2 Å². The highest BCUT2D eigenvalue weighted by molar-refractivity contribution is 6.42. The molecule has 3 saturated carbocycles. The summed E-state index contributed by atoms with van der Waals surface area (Å²) in [6.45, 7) is -0.258. The standard InChI is InChI=1S/C21H25Cl2F2N3O5/c22-12-2-1-11(7-13(12)23)32-10-17(30)26-21-5-3-20(4-6-21,9-16(21)29)27-19(31)15-8-14(18(24)25)28-33-15/h1-2,7,14-16,18,28-29H,3-6,8-10H2,(H,26,30)(H,27,31)/t14?,15?,16-,20?,21?/m0/s1. The number of hydrogen-bond acceptors (Lipinski definition) is 6. The quantitative estimate of drug-likeness (QED) is 0.451. The van der Waals surface area contributed by atoms with Crippen molar-refractivity contribution < 1.29 is 33.1 Å². The largest absolute Gasteiger partial charge is 0.484 e. The summed E-state index contributed by atoms with van der Waals surface area (Å²) in [6.07, 6.45) is -2.44. The van der Waals surface area contributed by atoms with E-state index in [0.717, 1.165) is 0 Å². The Hall–Kier alpha value is -1.72. The van der Waals surface area contributed by atoms with Crippen molar-refractivity contribution in [3.8, 4) is 5.75 Å². The van der Waals surface area contributed by atoms with Crippen LogP contribution in [0, 0.1) is 0 Å². The van der Waals surface area contributed by atoms with Crippen molar-refractivity contribution in [2.45, 2.75) is 74.3 Å². The fourth-order valence-electron chi connectivity index (χ4n) is 4.84. The molecule has 1 heterocycles. The van der Waals surface area contributed by atoms with Crippen LogP contribution in [0.2, 0.25) is 10.0 Å². The Kier molecular flexibility index (Phi) is 7.02. The highest BCUT2D eigenvalue weighted by atomic mass is 35.5. The lowest BCUT2D eigenvalue weighted by atomic mass is 9.60. The zero-order valence-electron chi connectivity index (χ0n) is 17.6. The SMILES string of the molecule is O=C(COc1ccc(Cl)c(Cl)c1)NC12CCC(NC(=O)C3CC(C(F)F)NO3)(CC1)C[C@@H]2O. The first-order chi connectivity index (χ1) is 15.6. The Bertz CT molecular complexity index is 914. The molecule has 0 spiro atoms. The third-order valence-electron chi connectivity index (χ3n) is 6.79. The predicted octanol–water partition coefficient (Wildman–Crippen LogP) is 2.35. The molecule has 1 saturated heterocycles. The molecule has 33 heavy (non-hydrogen) atoms. The van der Waals surface area contributed by atoms with Crippen LogP contribution < -0.4 is 20.9 Å². The average molecular weight is 508 g/mol. The molecule has 3 aliphatic carbocycles. The maximum atomic E-state index is 12.8. The average Bonchev–Trinajstić information content (AvgIpc) is 3.27. The topological polar surface area (TPSA) is 109 Å². The lowest BCUT2D eigenvalue weighted by Gasteiger charge is -2.56. The normalized spacial score (nSPS) is 33.2. The fourth-order valence-corrected chi connectivity index (χ4v) is 5.13. The summed E-state index contributed by atoms with van der Waals surface area (Å²) in [4.78, 5) is 30.1. The van der Waals surface area contributed by atoms with Gasteiger partial charge < -0.3 is 20.5 Å². The van der Waals surface area contributed by atoms with Crippen molar-refractivity contribution in [1.82, 2.24) is 16.1 Å². The van der Waals surface area contributed by atoms with Crippen LogP contribution in [0.3, 0.4) is 0 Å². The maximum absolute atomic E-state index is 12.8. The molecule has 0 aromatic heterocycles. The Morgan fingerprint density at radius 2 is 1.94 bits per heavy atom. The lowest BCUT2D eigenvalue weighted by Crippen LogP contribution is -2.70. The zero-order valence-corrected chi connectivity index (χ0v) is 19.1. The first-order valence-electron chi connectivity index (χ1n) is 10.7. The van der Waals surface area contributed by atoms with Crippen LogP contribution in [0.1, 0.15) is 38.5 Å². The summed E-state index contributed by atoms with van der Waals surface area (Å²) in [7, 11) is 0. The summed E-state index contributed by atoms with van der Waals surface area (Å²) >= 11 is 11.8. The van der Waals surface area contributed by atoms with Gasteiger partial charge in [-0.25, -0.2) is 8.78 Å². The molecule has 4 aliphatic rings. The van der Waals surface area contributed by atoms with E-state index in [1.165, 1.54) is 6.07 Å². The first kappa shape index (κ1) is 24.4. The highest BCUT2D eigenvalue weighted by Crippen LogP contribution is 2.47. The number of nitrogens with one attached hydrogen (secondary N) is 3. The van der Waals surface area contributed by atoms with E-state index >= 15 is 0 Å². The van der Waals surface area contributed by atoms with Gasteiger partial charge in [0.15, 0.2) is 12.7 Å². The number of fused-ring (bicyclic) bond motifs is 3. The number of aliphatic hydroxyl groups is 1. The van der Waals surface area contributed by atoms with E-state index in [2.05, 4.69) is 16.1 Å². The summed E-state index contributed by atoms with van der Waals surface area (Å²) in [5.74, 6) is -0.474. The van der Waals surface area contributed by atoms with Gasteiger partial charge in [0.1, 0.15) is 5.75 Å². The lowest BCUT2D eigenvalue weighted by molar-refractivity contribution is -0.142. The van der Waals surface area contributed by atoms with Gasteiger partial charge in [-0.3, -0.25) is 14.4 Å². The number of rotatable bonds is 7. The molecule has 2 unspecified atom stereocenters. The van der Waals surface area contributed by atoms with Crippen LogP contribution in [0.15, 0.2) is 18.2 Å². The minimum absolute atomic E-state index is 0.124. The van der Waals surface area contributed by atoms with Gasteiger partial charge in [0.25, 0.3) is 18.2 Å². The zero-order chi connectivity index (χ0) is 23.8. The van der Waals surface area contributed by atoms with Gasteiger partial charge in [-0.2, -0.15) is 5.48 Å². The molecule has 1 aromatic carbocycles. The minimum Gasteiger partial charge on any atom is -0.484 e. The van der Waals surface area contributed by atoms with Gasteiger partial charge >= 0.3 is 0 Å². The molecular weight excluding hydrogens is 483 g/mol. The molecule has 12 heteroatoms. The van der Waals surface area contributed by atoms with Crippen LogP contribution in [0.5, 0.6) is 5.75 Å². The Labute approximate surface area is 199 Å². The second kappa shape index (κ2) is 9.50. The van der Waals surface area contributed by atoms with Crippen molar-refractivity contribution >= 4 is 35.0 Å². The number of halogens is 4. The maximum Gasteiger partial charge on any atom is 0.258 e. The van der Waals surface area contributed by atoms with E-state index in [1.807, 2.05) is 0 Å². The first-order valence-corrected chi connectivity index (χ1v) is 11.5. The van der Waals surface area contributed by atoms with Crippen LogP contribution in [-0.4, -0.2) is 59.3 Å². The Morgan fingerprint density at radius 1 is 1.21 bits per heavy atom. The Balaban J connectivity index is 1.30. The summed E-state index contributed by atoms with van der Waals surface area (Å²) in [5, 5.41) is 17.3. The summed E-state index contributed by atoms with van der Waals surface area (Å²) in [5.41, 5.74) is 0.727. The summed E-state index contributed by atoms with van der Waals surface area (Å²) in [6, 6.07) is 3.49. The molecule has 2 amide bonds. The molecule has 5 rings (SSSR count). The third kappa shape index (κ3) is 5.19. The second-order valence-electron chi connectivity index (χ2n) is 8.96. The number of carbonyl (C=O) groups excluding carboxylic acids is 2. The number of aliphatic hydroxyl groups excluding tert-OH is 1. The molecule has 1 aromatic rings. The number of benzene rings is 1. The van der Waals surface area contributed by atoms with Gasteiger partial charge in [-0.05, 0) is 44.2 Å². The van der Waals surface area contributed by atoms with Gasteiger partial charge in [0.2, 0.25) is 0 Å². The van der Waals surface area contributed by atoms with E-state index in [9.17, 15) is 23.5 Å². The molecule has 1 aliphatic heterocycles. The number of amides is 2. The van der Waals surface area contributed by atoms with E-state index in [-0.39, 0.29) is 25.4 Å². The second-order valence-corrected chi connectivity index (χ2v) is 9.77. The van der Waals surface area contributed by atoms with Crippen molar-refractivity contribution in [3.63, 3.8) is 0 Å². The van der Waals surface area contributed by atoms with Crippen LogP contribution in [-0.2, 0) is 14.4 Å². The van der Waals surface area contributed by atoms with Crippen LogP contribution in [0.4, 0.5) is 8.78 Å². The third-order valence-corrected chi connectivity index (χ3v) is 7.52. The number of hydroxylamine groups is 1. The van der Waals surface area contributed by atoms with Crippen molar-refractivity contribution in [2.24, 2.45) is 0 Å². The minimum atomic E-state index is -2.63. The molecule has 2 bridgehead atoms. The number of carbonyl (C=O) groups is 2. The predicted molar refractivity (Wildman–Crippen MR) is 115 cm³/mol. The van der Waals surface area contributed by atoms with E-state index in [4.69, 9.17) is 32.8 Å². The number of hydrogen-bond donors (Lipinski definition) is 4. The smallest absolute Gasteiger partial charge is 0.258 e. The van der Waals surface area contributed by atoms with Crippen molar-refractivity contribution in [3.05, 3.63) is 28.2 Å². The molecule has 4 fully saturated rings. The van der Waals surface area contributed by atoms with Crippen molar-refractivity contribution in [2.75, 3.05) is 6.61 Å². The Morgan fingerprint density at radius 3 is 2.55 bits per heavy atom. The molecule has 0 radical (unpaired) electrons. The van der Waals surface area contributed by atoms with Crippen LogP contribution in [0.25, 0.3) is 0 Å². The molecule has 182 valence electrons. The number of alkyl halides is 2. The molecule has 4 N–H and O–H groups in total. The summed E-state index contributed by atoms with van der Waals surface area (Å²) < 4.78 is 31.1. The molecule has 8 nitrogen and oxygen atoms in total. The van der Waals surface area contributed by atoms with Gasteiger partial charge in [0.05, 0.1) is 27.7 Å². The monoisotopic (exact) mass is 507 g/mol. The van der Waals surface area contributed by atoms with E-state index in [0.29, 0.717) is 41.5 Å². The number of ether oxygens (including phenoxy) is 1. The van der Waals surface area contributed by atoms with E-state index in [1.54, 1.807) is 12.1 Å².